The highest BCUT2D eigenvalue weighted by Crippen LogP contribution is 2.43. The number of aromatic nitrogens is 2. The second-order valence-electron chi connectivity index (χ2n) is 6.39. The van der Waals surface area contributed by atoms with Crippen LogP contribution in [0.3, 0.4) is 0 Å². The summed E-state index contributed by atoms with van der Waals surface area (Å²) in [6, 6.07) is 0. The Labute approximate surface area is 108 Å². The van der Waals surface area contributed by atoms with Crippen LogP contribution >= 0.6 is 0 Å². The van der Waals surface area contributed by atoms with E-state index in [1.54, 1.807) is 10.9 Å². The standard InChI is InChI=1S/C14H22N2O2/c1-9-10(8-16(6)15-9)12(17)11-7-13(2,3)18-14(11,4)5/h8,11H,7H2,1-6H3. The molecule has 0 aromatic carbocycles. The SMILES string of the molecule is Cc1nn(C)cc1C(=O)C1CC(C)(C)OC1(C)C. The van der Waals surface area contributed by atoms with Crippen LogP contribution in [0, 0.1) is 12.8 Å². The van der Waals surface area contributed by atoms with Gasteiger partial charge in [-0.15, -0.1) is 0 Å². The maximum absolute atomic E-state index is 12.7. The molecule has 1 atom stereocenters. The van der Waals surface area contributed by atoms with Gasteiger partial charge in [0.1, 0.15) is 0 Å². The molecule has 100 valence electrons. The summed E-state index contributed by atoms with van der Waals surface area (Å²) in [6.07, 6.45) is 2.56. The number of hydrogen-bond acceptors (Lipinski definition) is 3. The fraction of sp³-hybridized carbons (Fsp3) is 0.714. The highest BCUT2D eigenvalue weighted by Gasteiger charge is 2.49. The van der Waals surface area contributed by atoms with E-state index < -0.39 is 5.60 Å². The van der Waals surface area contributed by atoms with E-state index in [0.717, 1.165) is 17.7 Å². The second kappa shape index (κ2) is 3.92. The molecule has 1 aromatic heterocycles. The minimum absolute atomic E-state index is 0.101. The fourth-order valence-corrected chi connectivity index (χ4v) is 3.00. The third-order valence-corrected chi connectivity index (χ3v) is 3.67. The molecule has 2 heterocycles. The molecule has 0 N–H and O–H groups in total. The van der Waals surface area contributed by atoms with Crippen LogP contribution < -0.4 is 0 Å². The Morgan fingerprint density at radius 1 is 1.44 bits per heavy atom. The van der Waals surface area contributed by atoms with E-state index >= 15 is 0 Å². The van der Waals surface area contributed by atoms with E-state index in [4.69, 9.17) is 4.74 Å². The van der Waals surface area contributed by atoms with Gasteiger partial charge in [0.05, 0.1) is 28.4 Å². The molecule has 0 aliphatic carbocycles. The van der Waals surface area contributed by atoms with Crippen LogP contribution in [0.4, 0.5) is 0 Å². The van der Waals surface area contributed by atoms with Gasteiger partial charge in [0.2, 0.25) is 0 Å². The lowest BCUT2D eigenvalue weighted by Gasteiger charge is -2.26. The smallest absolute Gasteiger partial charge is 0.172 e. The maximum atomic E-state index is 12.7. The average Bonchev–Trinajstić information content (AvgIpc) is 2.61. The van der Waals surface area contributed by atoms with Crippen molar-refractivity contribution in [1.82, 2.24) is 9.78 Å². The molecule has 0 saturated carbocycles. The number of carbonyl (C=O) groups excluding carboxylic acids is 1. The molecule has 4 heteroatoms. The number of ketones is 1. The summed E-state index contributed by atoms with van der Waals surface area (Å²) in [5, 5.41) is 4.24. The van der Waals surface area contributed by atoms with Gasteiger partial charge in [-0.1, -0.05) is 0 Å². The van der Waals surface area contributed by atoms with Crippen LogP contribution in [0.1, 0.15) is 50.2 Å². The molecule has 0 spiro atoms. The van der Waals surface area contributed by atoms with Gasteiger partial charge in [-0.3, -0.25) is 9.48 Å². The number of rotatable bonds is 2. The molecule has 18 heavy (non-hydrogen) atoms. The molecule has 0 amide bonds. The van der Waals surface area contributed by atoms with Gasteiger partial charge in [0.15, 0.2) is 5.78 Å². The number of nitrogens with zero attached hydrogens (tertiary/aromatic N) is 2. The van der Waals surface area contributed by atoms with Crippen LogP contribution in [0.5, 0.6) is 0 Å². The van der Waals surface area contributed by atoms with Crippen molar-refractivity contribution < 1.29 is 9.53 Å². The molecule has 0 bridgehead atoms. The molecular formula is C14H22N2O2. The summed E-state index contributed by atoms with van der Waals surface area (Å²) >= 11 is 0. The predicted molar refractivity (Wildman–Crippen MR) is 69.6 cm³/mol. The zero-order valence-electron chi connectivity index (χ0n) is 12.1. The highest BCUT2D eigenvalue weighted by molar-refractivity contribution is 5.99. The van der Waals surface area contributed by atoms with Gasteiger partial charge in [-0.25, -0.2) is 0 Å². The summed E-state index contributed by atoms with van der Waals surface area (Å²) in [5.74, 6) is 0.0478. The fourth-order valence-electron chi connectivity index (χ4n) is 3.00. The molecule has 1 aromatic rings. The molecule has 1 saturated heterocycles. The predicted octanol–water partition coefficient (Wildman–Crippen LogP) is 2.50. The summed E-state index contributed by atoms with van der Waals surface area (Å²) in [5.41, 5.74) is 0.864. The lowest BCUT2D eigenvalue weighted by atomic mass is 9.82. The zero-order valence-corrected chi connectivity index (χ0v) is 12.1. The van der Waals surface area contributed by atoms with Crippen molar-refractivity contribution in [1.29, 1.82) is 0 Å². The molecule has 1 aliphatic heterocycles. The zero-order chi connectivity index (χ0) is 13.7. The topological polar surface area (TPSA) is 44.1 Å². The first-order chi connectivity index (χ1) is 8.12. The number of ether oxygens (including phenoxy) is 1. The van der Waals surface area contributed by atoms with E-state index in [0.29, 0.717) is 0 Å². The molecule has 1 aliphatic rings. The van der Waals surface area contributed by atoms with Crippen LogP contribution in [-0.4, -0.2) is 26.8 Å². The van der Waals surface area contributed by atoms with Crippen molar-refractivity contribution in [3.63, 3.8) is 0 Å². The lowest BCUT2D eigenvalue weighted by molar-refractivity contribution is -0.0712. The van der Waals surface area contributed by atoms with Crippen LogP contribution in [0.2, 0.25) is 0 Å². The Kier molecular flexibility index (Phi) is 2.89. The third-order valence-electron chi connectivity index (χ3n) is 3.67. The largest absolute Gasteiger partial charge is 0.369 e. The Morgan fingerprint density at radius 3 is 2.44 bits per heavy atom. The first-order valence-electron chi connectivity index (χ1n) is 6.37. The van der Waals surface area contributed by atoms with E-state index in [9.17, 15) is 4.79 Å². The lowest BCUT2D eigenvalue weighted by Crippen LogP contribution is -2.34. The van der Waals surface area contributed by atoms with Crippen LogP contribution in [-0.2, 0) is 11.8 Å². The Balaban J connectivity index is 2.32. The molecule has 1 unspecified atom stereocenters. The van der Waals surface area contributed by atoms with Gasteiger partial charge in [0.25, 0.3) is 0 Å². The minimum Gasteiger partial charge on any atom is -0.369 e. The van der Waals surface area contributed by atoms with Crippen molar-refractivity contribution >= 4 is 5.78 Å². The van der Waals surface area contributed by atoms with Gasteiger partial charge in [0, 0.05) is 13.2 Å². The van der Waals surface area contributed by atoms with E-state index in [2.05, 4.69) is 5.10 Å². The first-order valence-corrected chi connectivity index (χ1v) is 6.37. The van der Waals surface area contributed by atoms with Crippen molar-refractivity contribution in [3.8, 4) is 0 Å². The highest BCUT2D eigenvalue weighted by atomic mass is 16.5. The molecule has 0 radical (unpaired) electrons. The summed E-state index contributed by atoms with van der Waals surface area (Å²) in [7, 11) is 1.84. The van der Waals surface area contributed by atoms with Crippen molar-refractivity contribution in [2.24, 2.45) is 13.0 Å². The van der Waals surface area contributed by atoms with E-state index in [-0.39, 0.29) is 17.3 Å². The Bertz CT molecular complexity index is 486. The third kappa shape index (κ3) is 2.21. The summed E-state index contributed by atoms with van der Waals surface area (Å²) in [4.78, 5) is 12.7. The van der Waals surface area contributed by atoms with E-state index in [1.807, 2.05) is 41.7 Å². The van der Waals surface area contributed by atoms with Gasteiger partial charge in [-0.05, 0) is 41.0 Å². The molecule has 2 rings (SSSR count). The Morgan fingerprint density at radius 2 is 2.06 bits per heavy atom. The quantitative estimate of drug-likeness (QED) is 0.757. The molecular weight excluding hydrogens is 228 g/mol. The monoisotopic (exact) mass is 250 g/mol. The van der Waals surface area contributed by atoms with Crippen LogP contribution in [0.15, 0.2) is 6.20 Å². The minimum atomic E-state index is -0.414. The van der Waals surface area contributed by atoms with Gasteiger partial charge in [-0.2, -0.15) is 5.10 Å². The van der Waals surface area contributed by atoms with Gasteiger partial charge >= 0.3 is 0 Å². The number of hydrogen-bond donors (Lipinski definition) is 0. The second-order valence-corrected chi connectivity index (χ2v) is 6.39. The number of carbonyl (C=O) groups is 1. The summed E-state index contributed by atoms with van der Waals surface area (Å²) < 4.78 is 7.68. The van der Waals surface area contributed by atoms with Crippen molar-refractivity contribution in [3.05, 3.63) is 17.5 Å². The Hall–Kier alpha value is -1.16. The average molecular weight is 250 g/mol. The normalized spacial score (nSPS) is 25.3. The first kappa shape index (κ1) is 13.3. The molecule has 4 nitrogen and oxygen atoms in total. The van der Waals surface area contributed by atoms with E-state index in [1.165, 1.54) is 0 Å². The maximum Gasteiger partial charge on any atom is 0.172 e. The number of Topliss-reactive ketones (excluding diaryl/α,β-unsaturated/α-hetero) is 1. The van der Waals surface area contributed by atoms with Crippen LogP contribution in [0.25, 0.3) is 0 Å². The molecule has 1 fully saturated rings. The summed E-state index contributed by atoms with van der Waals surface area (Å²) in [6.45, 7) is 9.95. The van der Waals surface area contributed by atoms with Gasteiger partial charge < -0.3 is 4.74 Å². The van der Waals surface area contributed by atoms with Crippen molar-refractivity contribution in [2.75, 3.05) is 0 Å². The van der Waals surface area contributed by atoms with Crippen molar-refractivity contribution in [2.45, 2.75) is 52.2 Å². The number of aryl methyl sites for hydroxylation is 2.